The molecule has 0 aliphatic carbocycles. The molecule has 0 aromatic rings. The molecular formula is C6H13NOXe. The van der Waals surface area contributed by atoms with Crippen LogP contribution in [-0.2, 0) is 0.0568 Å². The molecule has 0 radical (unpaired) electrons. The second-order valence-corrected chi connectivity index (χ2v) is 4.63. The van der Waals surface area contributed by atoms with Gasteiger partial charge in [0.1, 0.15) is 0 Å². The molecule has 1 fully saturated rings. The first kappa shape index (κ1) is 8.59. The topological polar surface area (TPSA) is 12.5 Å². The molecule has 0 aromatic carbocycles. The van der Waals surface area contributed by atoms with Crippen molar-refractivity contribution in [2.24, 2.45) is 0 Å². The standard InChI is InChI=1S/C6H13NOXe/c1-8-9-7-5-3-2-4-6-7/h2-6H2,1H3. The molecule has 1 saturated heterocycles. The van der Waals surface area contributed by atoms with Crippen LogP contribution in [0.3, 0.4) is 0 Å². The van der Waals surface area contributed by atoms with Gasteiger partial charge in [-0.3, -0.25) is 0 Å². The Kier molecular flexibility index (Phi) is 4.94. The fraction of sp³-hybridized carbons (Fsp3) is 1.00. The Morgan fingerprint density at radius 2 is 1.89 bits per heavy atom. The Labute approximate surface area is 83.4 Å². The van der Waals surface area contributed by atoms with Gasteiger partial charge >= 0.3 is 84.7 Å². The quantitative estimate of drug-likeness (QED) is 0.722. The van der Waals surface area contributed by atoms with Gasteiger partial charge in [-0.2, -0.15) is 0 Å². The van der Waals surface area contributed by atoms with E-state index in [0.717, 1.165) is 0 Å². The van der Waals surface area contributed by atoms with Crippen LogP contribution < -0.4 is 0 Å². The molecule has 0 unspecified atom stereocenters. The molecule has 1 aliphatic rings. The van der Waals surface area contributed by atoms with Gasteiger partial charge in [-0.1, -0.05) is 0 Å². The summed E-state index contributed by atoms with van der Waals surface area (Å²) in [5.41, 5.74) is 0. The van der Waals surface area contributed by atoms with E-state index in [1.54, 1.807) is 7.11 Å². The van der Waals surface area contributed by atoms with Crippen molar-refractivity contribution in [3.8, 4) is 0 Å². The van der Waals surface area contributed by atoms with Crippen molar-refractivity contribution in [2.75, 3.05) is 20.2 Å². The van der Waals surface area contributed by atoms with Gasteiger partial charge in [0.15, 0.2) is 0 Å². The summed E-state index contributed by atoms with van der Waals surface area (Å²) in [5.74, 6) is 0. The molecule has 0 atom stereocenters. The third-order valence-electron chi connectivity index (χ3n) is 1.45. The molecule has 1 heterocycles. The predicted molar refractivity (Wildman–Crippen MR) is 32.4 cm³/mol. The number of hydrogen-bond donors (Lipinski definition) is 0. The summed E-state index contributed by atoms with van der Waals surface area (Å²) >= 11 is 0.100. The Morgan fingerprint density at radius 1 is 1.22 bits per heavy atom. The van der Waals surface area contributed by atoms with Crippen LogP contribution in [0.4, 0.5) is 0 Å². The maximum absolute atomic E-state index is 5.10. The van der Waals surface area contributed by atoms with E-state index in [2.05, 4.69) is -0.0877 Å². The van der Waals surface area contributed by atoms with Gasteiger partial charge in [-0.25, -0.2) is 0 Å². The maximum atomic E-state index is 5.10. The fourth-order valence-corrected chi connectivity index (χ4v) is 2.53. The van der Waals surface area contributed by atoms with Crippen LogP contribution in [0.2, 0.25) is 0 Å². The zero-order valence-electron chi connectivity index (χ0n) is 5.74. The van der Waals surface area contributed by atoms with Gasteiger partial charge in [0, 0.05) is 0 Å². The average molecular weight is 246 g/mol. The van der Waals surface area contributed by atoms with Crippen LogP contribution in [-0.4, -0.2) is 20.1 Å². The third kappa shape index (κ3) is 3.41. The Bertz CT molecular complexity index is 70.7. The van der Waals surface area contributed by atoms with E-state index in [-0.39, 0.29) is 45.3 Å². The van der Waals surface area contributed by atoms with Gasteiger partial charge in [0.25, 0.3) is 0 Å². The van der Waals surface area contributed by atoms with E-state index in [1.807, 2.05) is 0 Å². The van der Waals surface area contributed by atoms with Crippen LogP contribution in [0, 0.1) is 45.3 Å². The van der Waals surface area contributed by atoms with Crippen LogP contribution in [0.15, 0.2) is 0 Å². The summed E-state index contributed by atoms with van der Waals surface area (Å²) in [5, 5.41) is 0. The van der Waals surface area contributed by atoms with E-state index < -0.39 is 0 Å². The van der Waals surface area contributed by atoms with Crippen molar-refractivity contribution in [1.29, 1.82) is 0 Å². The second-order valence-electron chi connectivity index (χ2n) is 2.16. The Balaban J connectivity index is 2.08. The Morgan fingerprint density at radius 3 is 2.44 bits per heavy atom. The molecule has 0 spiro atoms. The molecule has 0 N–H and O–H groups in total. The van der Waals surface area contributed by atoms with Gasteiger partial charge in [0.2, 0.25) is 0 Å². The number of rotatable bonds is 2. The molecule has 56 valence electrons. The first-order chi connectivity index (χ1) is 4.43. The van der Waals surface area contributed by atoms with E-state index in [4.69, 9.17) is 0.0568 Å². The van der Waals surface area contributed by atoms with Crippen LogP contribution in [0.25, 0.3) is 0 Å². The zero-order chi connectivity index (χ0) is 6.53. The first-order valence-corrected chi connectivity index (χ1v) is 5.07. The van der Waals surface area contributed by atoms with Gasteiger partial charge in [-0.05, 0) is 0 Å². The average Bonchev–Trinajstić information content (AvgIpc) is 1.91. The minimum absolute atomic E-state index is 0.100. The second kappa shape index (κ2) is 5.18. The summed E-state index contributed by atoms with van der Waals surface area (Å²) in [6.07, 6.45) is 4.16. The van der Waals surface area contributed by atoms with E-state index >= 15 is 0 Å². The zero-order valence-corrected chi connectivity index (χ0v) is 7.76. The van der Waals surface area contributed by atoms with Crippen LogP contribution in [0.1, 0.15) is 19.3 Å². The molecule has 0 saturated carbocycles. The monoisotopic (exact) mass is 247 g/mol. The summed E-state index contributed by atoms with van der Waals surface area (Å²) < 4.78 is 7.54. The molecule has 2 nitrogen and oxygen atoms in total. The molecule has 9 heavy (non-hydrogen) atoms. The molecule has 0 bridgehead atoms. The van der Waals surface area contributed by atoms with Gasteiger partial charge in [0.05, 0.1) is 0 Å². The molecule has 0 amide bonds. The van der Waals surface area contributed by atoms with Crippen molar-refractivity contribution in [3.05, 3.63) is 0 Å². The summed E-state index contributed by atoms with van der Waals surface area (Å²) in [6, 6.07) is 0. The van der Waals surface area contributed by atoms with Gasteiger partial charge < -0.3 is 0 Å². The van der Waals surface area contributed by atoms with Gasteiger partial charge in [-0.15, -0.1) is 0 Å². The summed E-state index contributed by atoms with van der Waals surface area (Å²) in [6.45, 7) is 2.54. The van der Waals surface area contributed by atoms with E-state index in [9.17, 15) is 0 Å². The molecular weight excluding hydrogens is 233 g/mol. The van der Waals surface area contributed by atoms with Crippen molar-refractivity contribution >= 4 is 0 Å². The predicted octanol–water partition coefficient (Wildman–Crippen LogP) is 1.03. The molecule has 1 aliphatic heterocycles. The van der Waals surface area contributed by atoms with Crippen molar-refractivity contribution in [2.45, 2.75) is 19.3 Å². The number of piperidine rings is 1. The molecule has 1 rings (SSSR count). The first-order valence-electron chi connectivity index (χ1n) is 3.34. The number of hydrogen-bond acceptors (Lipinski definition) is 2. The van der Waals surface area contributed by atoms with E-state index in [0.29, 0.717) is 0 Å². The summed E-state index contributed by atoms with van der Waals surface area (Å²) in [4.78, 5) is 0. The minimum atomic E-state index is 0.100. The van der Waals surface area contributed by atoms with Crippen LogP contribution in [0.5, 0.6) is 0 Å². The molecule has 0 aromatic heterocycles. The third-order valence-corrected chi connectivity index (χ3v) is 3.24. The normalized spacial score (nSPS) is 22.8. The Hall–Kier alpha value is 1.49. The fourth-order valence-electron chi connectivity index (χ4n) is 1.00. The van der Waals surface area contributed by atoms with Crippen molar-refractivity contribution < 1.29 is 45.3 Å². The van der Waals surface area contributed by atoms with Crippen molar-refractivity contribution in [1.82, 2.24) is -0.0877 Å². The molecule has 3 heteroatoms. The SMILES string of the molecule is CO[Xe]N1CCCCC1. The van der Waals surface area contributed by atoms with E-state index in [1.165, 1.54) is 32.4 Å². The van der Waals surface area contributed by atoms with Crippen LogP contribution >= 0.6 is 0 Å². The number of nitrogens with zero attached hydrogens (tertiary/aromatic N) is 1. The van der Waals surface area contributed by atoms with Crippen molar-refractivity contribution in [3.63, 3.8) is 0 Å². The summed E-state index contributed by atoms with van der Waals surface area (Å²) in [7, 11) is 1.80.